The fourth-order valence-corrected chi connectivity index (χ4v) is 2.46. The number of nitrogens with zero attached hydrogens (tertiary/aromatic N) is 3. The van der Waals surface area contributed by atoms with Crippen molar-refractivity contribution in [1.29, 1.82) is 0 Å². The highest BCUT2D eigenvalue weighted by Gasteiger charge is 2.19. The van der Waals surface area contributed by atoms with Gasteiger partial charge in [-0.15, -0.1) is 0 Å². The van der Waals surface area contributed by atoms with E-state index < -0.39 is 4.92 Å². The Labute approximate surface area is 148 Å². The first-order chi connectivity index (χ1) is 12.5. The normalized spacial score (nSPS) is 10.7. The van der Waals surface area contributed by atoms with Crippen LogP contribution in [-0.2, 0) is 0 Å². The van der Waals surface area contributed by atoms with Crippen LogP contribution in [0.2, 0.25) is 0 Å². The molecular formula is C17H16FN5O3. The lowest BCUT2D eigenvalue weighted by Gasteiger charge is -2.11. The number of nitro groups is 1. The van der Waals surface area contributed by atoms with Gasteiger partial charge in [-0.2, -0.15) is 0 Å². The van der Waals surface area contributed by atoms with Crippen molar-refractivity contribution in [2.24, 2.45) is 5.73 Å². The molecule has 0 saturated heterocycles. The van der Waals surface area contributed by atoms with Gasteiger partial charge < -0.3 is 15.8 Å². The first-order valence-electron chi connectivity index (χ1n) is 7.79. The van der Waals surface area contributed by atoms with E-state index in [4.69, 9.17) is 10.5 Å². The molecule has 2 aromatic carbocycles. The zero-order valence-electron chi connectivity index (χ0n) is 13.9. The van der Waals surface area contributed by atoms with Gasteiger partial charge in [0.25, 0.3) is 0 Å². The van der Waals surface area contributed by atoms with Crippen LogP contribution in [0.5, 0.6) is 5.75 Å². The van der Waals surface area contributed by atoms with Crippen LogP contribution in [0.15, 0.2) is 36.7 Å². The molecule has 0 spiro atoms. The van der Waals surface area contributed by atoms with Crippen LogP contribution in [-0.4, -0.2) is 28.0 Å². The van der Waals surface area contributed by atoms with E-state index in [1.165, 1.54) is 24.5 Å². The largest absolute Gasteiger partial charge is 0.485 e. The number of anilines is 2. The highest BCUT2D eigenvalue weighted by Crippen LogP contribution is 2.34. The molecule has 0 aliphatic rings. The molecule has 0 amide bonds. The van der Waals surface area contributed by atoms with Gasteiger partial charge in [0.05, 0.1) is 15.8 Å². The number of nitrogens with one attached hydrogen (secondary N) is 1. The number of rotatable bonds is 6. The van der Waals surface area contributed by atoms with Gasteiger partial charge in [-0.3, -0.25) is 10.1 Å². The third-order valence-corrected chi connectivity index (χ3v) is 3.71. The number of fused-ring (bicyclic) bond motifs is 1. The summed E-state index contributed by atoms with van der Waals surface area (Å²) in [5.41, 5.74) is 6.73. The van der Waals surface area contributed by atoms with Crippen molar-refractivity contribution in [3.05, 3.63) is 58.2 Å². The third kappa shape index (κ3) is 3.52. The molecule has 0 radical (unpaired) electrons. The lowest BCUT2D eigenvalue weighted by atomic mass is 10.1. The first-order valence-corrected chi connectivity index (χ1v) is 7.79. The summed E-state index contributed by atoms with van der Waals surface area (Å²) in [4.78, 5) is 19.1. The van der Waals surface area contributed by atoms with Gasteiger partial charge in [-0.25, -0.2) is 14.4 Å². The summed E-state index contributed by atoms with van der Waals surface area (Å²) in [5.74, 6) is 0.144. The molecule has 1 aromatic heterocycles. The summed E-state index contributed by atoms with van der Waals surface area (Å²) in [6.07, 6.45) is 1.33. The van der Waals surface area contributed by atoms with Crippen molar-refractivity contribution in [2.75, 3.05) is 18.5 Å². The van der Waals surface area contributed by atoms with E-state index in [1.807, 2.05) is 0 Å². The third-order valence-electron chi connectivity index (χ3n) is 3.71. The summed E-state index contributed by atoms with van der Waals surface area (Å²) in [6.45, 7) is 2.03. The van der Waals surface area contributed by atoms with Crippen LogP contribution in [0.25, 0.3) is 10.9 Å². The van der Waals surface area contributed by atoms with Crippen LogP contribution >= 0.6 is 0 Å². The predicted molar refractivity (Wildman–Crippen MR) is 95.2 cm³/mol. The van der Waals surface area contributed by atoms with Crippen molar-refractivity contribution < 1.29 is 14.1 Å². The maximum atomic E-state index is 13.4. The number of hydrogen-bond donors (Lipinski definition) is 2. The zero-order chi connectivity index (χ0) is 18.7. The van der Waals surface area contributed by atoms with Crippen molar-refractivity contribution in [1.82, 2.24) is 9.97 Å². The molecule has 1 heterocycles. The summed E-state index contributed by atoms with van der Waals surface area (Å²) in [6, 6.07) is 7.34. The number of nitro benzene ring substituents is 1. The lowest BCUT2D eigenvalue weighted by Crippen LogP contribution is -2.11. The molecule has 0 bridgehead atoms. The van der Waals surface area contributed by atoms with Gasteiger partial charge in [0.15, 0.2) is 5.75 Å². The Morgan fingerprint density at radius 3 is 2.81 bits per heavy atom. The number of benzene rings is 2. The molecule has 0 atom stereocenters. The number of nitrogens with two attached hydrogens (primary N) is 1. The molecule has 3 aromatic rings. The quantitative estimate of drug-likeness (QED) is 0.514. The van der Waals surface area contributed by atoms with Crippen LogP contribution < -0.4 is 15.8 Å². The molecule has 0 aliphatic heterocycles. The molecule has 0 saturated carbocycles. The van der Waals surface area contributed by atoms with E-state index in [1.54, 1.807) is 19.1 Å². The molecule has 9 heteroatoms. The second kappa shape index (κ2) is 7.28. The maximum absolute atomic E-state index is 13.4. The number of hydrogen-bond acceptors (Lipinski definition) is 7. The van der Waals surface area contributed by atoms with Gasteiger partial charge in [-0.05, 0) is 30.7 Å². The SMILES string of the molecule is Cc1cc(Nc2ncnc3cc(OCCN)c([N+](=O)[O-])cc23)ccc1F. The topological polar surface area (TPSA) is 116 Å². The van der Waals surface area contributed by atoms with Gasteiger partial charge in [0, 0.05) is 24.4 Å². The standard InChI is InChI=1S/C17H16FN5O3/c1-10-6-11(2-3-13(10)18)22-17-12-7-15(23(24)25)16(26-5-4-19)8-14(12)20-9-21-17/h2-3,6-9H,4-5,19H2,1H3,(H,20,21,22). The Kier molecular flexibility index (Phi) is 4.90. The fraction of sp³-hybridized carbons (Fsp3) is 0.176. The molecule has 134 valence electrons. The second-order valence-electron chi connectivity index (χ2n) is 5.54. The van der Waals surface area contributed by atoms with Crippen LogP contribution in [0.3, 0.4) is 0 Å². The molecule has 3 N–H and O–H groups in total. The highest BCUT2D eigenvalue weighted by molar-refractivity contribution is 5.93. The summed E-state index contributed by atoms with van der Waals surface area (Å²) >= 11 is 0. The van der Waals surface area contributed by atoms with E-state index in [2.05, 4.69) is 15.3 Å². The average molecular weight is 357 g/mol. The van der Waals surface area contributed by atoms with Gasteiger partial charge in [0.1, 0.15) is 24.6 Å². The van der Waals surface area contributed by atoms with Crippen molar-refractivity contribution in [3.63, 3.8) is 0 Å². The molecule has 8 nitrogen and oxygen atoms in total. The molecular weight excluding hydrogens is 341 g/mol. The Morgan fingerprint density at radius 1 is 1.31 bits per heavy atom. The number of aryl methyl sites for hydroxylation is 1. The van der Waals surface area contributed by atoms with Crippen LogP contribution in [0.4, 0.5) is 21.6 Å². The van der Waals surface area contributed by atoms with Crippen LogP contribution in [0.1, 0.15) is 5.56 Å². The molecule has 0 aliphatic carbocycles. The van der Waals surface area contributed by atoms with Gasteiger partial charge in [-0.1, -0.05) is 0 Å². The minimum absolute atomic E-state index is 0.0928. The van der Waals surface area contributed by atoms with E-state index in [0.717, 1.165) is 0 Å². The minimum Gasteiger partial charge on any atom is -0.485 e. The van der Waals surface area contributed by atoms with E-state index >= 15 is 0 Å². The summed E-state index contributed by atoms with van der Waals surface area (Å²) in [7, 11) is 0. The molecule has 0 unspecified atom stereocenters. The number of halogens is 1. The van der Waals surface area contributed by atoms with Crippen molar-refractivity contribution in [3.8, 4) is 5.75 Å². The summed E-state index contributed by atoms with van der Waals surface area (Å²) in [5, 5.41) is 14.9. The molecule has 26 heavy (non-hydrogen) atoms. The highest BCUT2D eigenvalue weighted by atomic mass is 19.1. The molecule has 0 fully saturated rings. The number of ether oxygens (including phenoxy) is 1. The van der Waals surface area contributed by atoms with E-state index in [0.29, 0.717) is 28.0 Å². The van der Waals surface area contributed by atoms with Crippen molar-refractivity contribution >= 4 is 28.1 Å². The predicted octanol–water partition coefficient (Wildman–Crippen LogP) is 3.07. The fourth-order valence-electron chi connectivity index (χ4n) is 2.46. The molecule has 3 rings (SSSR count). The second-order valence-corrected chi connectivity index (χ2v) is 5.54. The zero-order valence-corrected chi connectivity index (χ0v) is 13.9. The first kappa shape index (κ1) is 17.5. The van der Waals surface area contributed by atoms with E-state index in [9.17, 15) is 14.5 Å². The summed E-state index contributed by atoms with van der Waals surface area (Å²) < 4.78 is 18.8. The lowest BCUT2D eigenvalue weighted by molar-refractivity contribution is -0.385. The smallest absolute Gasteiger partial charge is 0.311 e. The van der Waals surface area contributed by atoms with Gasteiger partial charge in [0.2, 0.25) is 0 Å². The number of aromatic nitrogens is 2. The van der Waals surface area contributed by atoms with Crippen LogP contribution in [0, 0.1) is 22.9 Å². The Hall–Kier alpha value is -3.33. The Balaban J connectivity index is 2.07. The van der Waals surface area contributed by atoms with Gasteiger partial charge >= 0.3 is 5.69 Å². The Bertz CT molecular complexity index is 980. The van der Waals surface area contributed by atoms with E-state index in [-0.39, 0.29) is 30.4 Å². The maximum Gasteiger partial charge on any atom is 0.311 e. The monoisotopic (exact) mass is 357 g/mol. The van der Waals surface area contributed by atoms with Crippen molar-refractivity contribution in [2.45, 2.75) is 6.92 Å². The minimum atomic E-state index is -0.538. The Morgan fingerprint density at radius 2 is 2.12 bits per heavy atom. The average Bonchev–Trinajstić information content (AvgIpc) is 2.62.